The number of thiophene rings is 1. The molecule has 0 spiro atoms. The maximum Gasteiger partial charge on any atom is 0.0597 e. The molecule has 0 N–H and O–H groups in total. The Balaban J connectivity index is 1.80. The lowest BCUT2D eigenvalue weighted by atomic mass is 10.2. The molecule has 3 heterocycles. The molecule has 0 aliphatic carbocycles. The number of pyridine rings is 1. The standard InChI is InChI=1S/C18H22N4S/c1-14-7-9-23-18(14)13-22(11-16-6-4-5-8-19-16)12-17-10-15(2)20-21(17)3/h4-10H,11-13H2,1-3H3. The molecule has 5 heteroatoms. The van der Waals surface area contributed by atoms with Crippen molar-refractivity contribution in [3.05, 3.63) is 69.4 Å². The number of rotatable bonds is 6. The molecule has 0 aromatic carbocycles. The van der Waals surface area contributed by atoms with Crippen LogP contribution >= 0.6 is 11.3 Å². The zero-order valence-corrected chi connectivity index (χ0v) is 14.7. The zero-order valence-electron chi connectivity index (χ0n) is 13.9. The molecule has 23 heavy (non-hydrogen) atoms. The maximum atomic E-state index is 4.48. The summed E-state index contributed by atoms with van der Waals surface area (Å²) in [6.07, 6.45) is 1.86. The second-order valence-corrected chi connectivity index (χ2v) is 6.89. The molecule has 0 aliphatic heterocycles. The van der Waals surface area contributed by atoms with Gasteiger partial charge in [-0.05, 0) is 49.1 Å². The largest absolute Gasteiger partial charge is 0.287 e. The first-order valence-electron chi connectivity index (χ1n) is 7.76. The van der Waals surface area contributed by atoms with Crippen molar-refractivity contribution in [1.82, 2.24) is 19.7 Å². The van der Waals surface area contributed by atoms with E-state index in [1.54, 1.807) is 0 Å². The molecule has 0 amide bonds. The predicted molar refractivity (Wildman–Crippen MR) is 94.2 cm³/mol. The van der Waals surface area contributed by atoms with Crippen LogP contribution in [0.5, 0.6) is 0 Å². The molecule has 4 nitrogen and oxygen atoms in total. The number of aromatic nitrogens is 3. The number of hydrogen-bond donors (Lipinski definition) is 0. The third-order valence-corrected chi connectivity index (χ3v) is 4.94. The molecule has 0 aliphatic rings. The lowest BCUT2D eigenvalue weighted by Gasteiger charge is -2.22. The molecule has 0 atom stereocenters. The molecule has 3 aromatic heterocycles. The molecule has 0 bridgehead atoms. The van der Waals surface area contributed by atoms with Gasteiger partial charge in [-0.3, -0.25) is 14.6 Å². The lowest BCUT2D eigenvalue weighted by molar-refractivity contribution is 0.240. The van der Waals surface area contributed by atoms with E-state index in [1.165, 1.54) is 16.1 Å². The van der Waals surface area contributed by atoms with E-state index in [4.69, 9.17) is 0 Å². The first-order chi connectivity index (χ1) is 11.1. The van der Waals surface area contributed by atoms with Crippen molar-refractivity contribution in [2.75, 3.05) is 0 Å². The Hall–Kier alpha value is -1.98. The summed E-state index contributed by atoms with van der Waals surface area (Å²) in [5, 5.41) is 6.63. The summed E-state index contributed by atoms with van der Waals surface area (Å²) in [4.78, 5) is 8.32. The van der Waals surface area contributed by atoms with E-state index in [2.05, 4.69) is 45.5 Å². The van der Waals surface area contributed by atoms with Crippen LogP contribution < -0.4 is 0 Å². The van der Waals surface area contributed by atoms with Crippen LogP contribution in [0.2, 0.25) is 0 Å². The Kier molecular flexibility index (Phi) is 4.88. The SMILES string of the molecule is Cc1cc(CN(Cc2ccccn2)Cc2sccc2C)n(C)n1. The fraction of sp³-hybridized carbons (Fsp3) is 0.333. The van der Waals surface area contributed by atoms with Crippen molar-refractivity contribution in [1.29, 1.82) is 0 Å². The summed E-state index contributed by atoms with van der Waals surface area (Å²) in [5.74, 6) is 0. The minimum atomic E-state index is 0.836. The Morgan fingerprint density at radius 3 is 2.61 bits per heavy atom. The quantitative estimate of drug-likeness (QED) is 0.693. The van der Waals surface area contributed by atoms with Crippen LogP contribution in [-0.4, -0.2) is 19.7 Å². The van der Waals surface area contributed by atoms with Gasteiger partial charge in [0.15, 0.2) is 0 Å². The number of aryl methyl sites for hydroxylation is 3. The summed E-state index contributed by atoms with van der Waals surface area (Å²) in [5.41, 5.74) is 4.75. The summed E-state index contributed by atoms with van der Waals surface area (Å²) >= 11 is 1.82. The van der Waals surface area contributed by atoms with Gasteiger partial charge in [0.25, 0.3) is 0 Å². The molecule has 0 saturated carbocycles. The summed E-state index contributed by atoms with van der Waals surface area (Å²) < 4.78 is 1.97. The Bertz CT molecular complexity index is 760. The van der Waals surface area contributed by atoms with Crippen LogP contribution in [0.15, 0.2) is 41.9 Å². The van der Waals surface area contributed by atoms with E-state index < -0.39 is 0 Å². The van der Waals surface area contributed by atoms with Gasteiger partial charge in [-0.15, -0.1) is 11.3 Å². The zero-order chi connectivity index (χ0) is 16.2. The van der Waals surface area contributed by atoms with E-state index in [9.17, 15) is 0 Å². The summed E-state index contributed by atoms with van der Waals surface area (Å²) in [6.45, 7) is 6.85. The third-order valence-electron chi connectivity index (χ3n) is 3.93. The minimum Gasteiger partial charge on any atom is -0.287 e. The average molecular weight is 326 g/mol. The van der Waals surface area contributed by atoms with Crippen LogP contribution in [0, 0.1) is 13.8 Å². The molecular weight excluding hydrogens is 304 g/mol. The van der Waals surface area contributed by atoms with Gasteiger partial charge in [-0.2, -0.15) is 5.10 Å². The highest BCUT2D eigenvalue weighted by atomic mass is 32.1. The van der Waals surface area contributed by atoms with E-state index in [1.807, 2.05) is 48.3 Å². The van der Waals surface area contributed by atoms with E-state index >= 15 is 0 Å². The van der Waals surface area contributed by atoms with Gasteiger partial charge in [0.05, 0.1) is 17.1 Å². The highest BCUT2D eigenvalue weighted by Crippen LogP contribution is 2.20. The average Bonchev–Trinajstić information content (AvgIpc) is 3.06. The highest BCUT2D eigenvalue weighted by Gasteiger charge is 2.13. The van der Waals surface area contributed by atoms with Crippen LogP contribution in [0.1, 0.15) is 27.5 Å². The van der Waals surface area contributed by atoms with Crippen LogP contribution in [0.25, 0.3) is 0 Å². The highest BCUT2D eigenvalue weighted by molar-refractivity contribution is 7.10. The van der Waals surface area contributed by atoms with E-state index in [0.29, 0.717) is 0 Å². The van der Waals surface area contributed by atoms with E-state index in [-0.39, 0.29) is 0 Å². The molecular formula is C18H22N4S. The van der Waals surface area contributed by atoms with Crippen molar-refractivity contribution in [3.8, 4) is 0 Å². The number of nitrogens with zero attached hydrogens (tertiary/aromatic N) is 4. The topological polar surface area (TPSA) is 34.0 Å². The Morgan fingerprint density at radius 2 is 2.00 bits per heavy atom. The fourth-order valence-electron chi connectivity index (χ4n) is 2.70. The summed E-state index contributed by atoms with van der Waals surface area (Å²) in [7, 11) is 2.01. The lowest BCUT2D eigenvalue weighted by Crippen LogP contribution is -2.24. The van der Waals surface area contributed by atoms with Crippen LogP contribution in [-0.2, 0) is 26.7 Å². The van der Waals surface area contributed by atoms with Crippen molar-refractivity contribution >= 4 is 11.3 Å². The van der Waals surface area contributed by atoms with Gasteiger partial charge in [0, 0.05) is 37.8 Å². The van der Waals surface area contributed by atoms with Gasteiger partial charge in [-0.1, -0.05) is 6.07 Å². The maximum absolute atomic E-state index is 4.48. The van der Waals surface area contributed by atoms with Gasteiger partial charge in [-0.25, -0.2) is 0 Å². The smallest absolute Gasteiger partial charge is 0.0597 e. The Morgan fingerprint density at radius 1 is 1.13 bits per heavy atom. The molecule has 0 unspecified atom stereocenters. The second-order valence-electron chi connectivity index (χ2n) is 5.89. The minimum absolute atomic E-state index is 0.836. The predicted octanol–water partition coefficient (Wildman–Crippen LogP) is 3.70. The van der Waals surface area contributed by atoms with Gasteiger partial charge in [0.2, 0.25) is 0 Å². The van der Waals surface area contributed by atoms with Crippen LogP contribution in [0.3, 0.4) is 0 Å². The molecule has 0 fully saturated rings. The van der Waals surface area contributed by atoms with Crippen molar-refractivity contribution in [2.45, 2.75) is 33.5 Å². The van der Waals surface area contributed by atoms with Crippen LogP contribution in [0.4, 0.5) is 0 Å². The summed E-state index contributed by atoms with van der Waals surface area (Å²) in [6, 6.07) is 10.4. The monoisotopic (exact) mass is 326 g/mol. The molecule has 3 aromatic rings. The van der Waals surface area contributed by atoms with Gasteiger partial charge >= 0.3 is 0 Å². The van der Waals surface area contributed by atoms with Crippen molar-refractivity contribution in [3.63, 3.8) is 0 Å². The fourth-order valence-corrected chi connectivity index (χ4v) is 3.65. The second kappa shape index (κ2) is 7.06. The van der Waals surface area contributed by atoms with Crippen molar-refractivity contribution < 1.29 is 0 Å². The molecule has 0 radical (unpaired) electrons. The van der Waals surface area contributed by atoms with E-state index in [0.717, 1.165) is 31.0 Å². The van der Waals surface area contributed by atoms with Crippen molar-refractivity contribution in [2.24, 2.45) is 7.05 Å². The first-order valence-corrected chi connectivity index (χ1v) is 8.64. The normalized spacial score (nSPS) is 11.3. The number of hydrogen-bond acceptors (Lipinski definition) is 4. The third kappa shape index (κ3) is 4.06. The van der Waals surface area contributed by atoms with Gasteiger partial charge in [0.1, 0.15) is 0 Å². The Labute approximate surface area is 141 Å². The first kappa shape index (κ1) is 15.9. The molecule has 3 rings (SSSR count). The molecule has 120 valence electrons. The van der Waals surface area contributed by atoms with Gasteiger partial charge < -0.3 is 0 Å². The molecule has 0 saturated heterocycles.